The van der Waals surface area contributed by atoms with Gasteiger partial charge in [0.15, 0.2) is 6.10 Å². The number of esters is 3. The predicted molar refractivity (Wildman–Crippen MR) is 261 cm³/mol. The zero-order valence-corrected chi connectivity index (χ0v) is 40.4. The molecular weight excluding hydrogens is 757 g/mol. The predicted octanol–water partition coefficient (Wildman–Crippen LogP) is 17.1. The summed E-state index contributed by atoms with van der Waals surface area (Å²) in [5.74, 6) is -0.906. The van der Waals surface area contributed by atoms with E-state index in [9.17, 15) is 14.4 Å². The Hall–Kier alpha value is -2.63. The van der Waals surface area contributed by atoms with E-state index in [-0.39, 0.29) is 31.1 Å². The Balaban J connectivity index is 4.36. The molecule has 0 heterocycles. The molecule has 6 heteroatoms. The van der Waals surface area contributed by atoms with Gasteiger partial charge in [0, 0.05) is 19.3 Å². The molecule has 0 aromatic heterocycles. The molecular formula is C55H98O6. The molecule has 0 rings (SSSR count). The van der Waals surface area contributed by atoms with Gasteiger partial charge in [-0.2, -0.15) is 0 Å². The van der Waals surface area contributed by atoms with Crippen LogP contribution in [-0.2, 0) is 28.6 Å². The Labute approximate surface area is 378 Å². The Morgan fingerprint density at radius 1 is 0.328 bits per heavy atom. The SMILES string of the molecule is CCCCCCC\C=C/C=C\C=C/CCCCCCCC(=O)OCC(COC(=O)CCCCCCCCCCC)OC(=O)CCCCCCC/C=C\CCCCCCCCC. The second kappa shape index (κ2) is 50.0. The summed E-state index contributed by atoms with van der Waals surface area (Å²) in [4.78, 5) is 37.9. The van der Waals surface area contributed by atoms with Crippen LogP contribution in [0.25, 0.3) is 0 Å². The van der Waals surface area contributed by atoms with Crippen LogP contribution in [0.3, 0.4) is 0 Å². The molecule has 0 saturated heterocycles. The third kappa shape index (κ3) is 48.3. The van der Waals surface area contributed by atoms with Crippen molar-refractivity contribution in [2.75, 3.05) is 13.2 Å². The van der Waals surface area contributed by atoms with Crippen LogP contribution >= 0.6 is 0 Å². The summed E-state index contributed by atoms with van der Waals surface area (Å²) < 4.78 is 16.8. The Morgan fingerprint density at radius 2 is 0.607 bits per heavy atom. The fourth-order valence-electron chi connectivity index (χ4n) is 7.38. The maximum atomic E-state index is 12.8. The van der Waals surface area contributed by atoms with Gasteiger partial charge in [-0.05, 0) is 70.6 Å². The summed E-state index contributed by atoms with van der Waals surface area (Å²) in [6, 6.07) is 0. The maximum Gasteiger partial charge on any atom is 0.306 e. The summed E-state index contributed by atoms with van der Waals surface area (Å²) in [7, 11) is 0. The zero-order valence-electron chi connectivity index (χ0n) is 40.4. The van der Waals surface area contributed by atoms with Crippen LogP contribution in [0.1, 0.15) is 265 Å². The average Bonchev–Trinajstić information content (AvgIpc) is 3.26. The molecule has 1 unspecified atom stereocenters. The van der Waals surface area contributed by atoms with Crippen molar-refractivity contribution in [3.63, 3.8) is 0 Å². The van der Waals surface area contributed by atoms with E-state index in [0.29, 0.717) is 19.3 Å². The van der Waals surface area contributed by atoms with E-state index in [1.165, 1.54) is 135 Å². The highest BCUT2D eigenvalue weighted by Crippen LogP contribution is 2.14. The van der Waals surface area contributed by atoms with Gasteiger partial charge in [-0.25, -0.2) is 0 Å². The molecule has 0 aliphatic rings. The molecule has 0 aromatic rings. The van der Waals surface area contributed by atoms with Crippen LogP contribution in [0.5, 0.6) is 0 Å². The number of hydrogen-bond acceptors (Lipinski definition) is 6. The van der Waals surface area contributed by atoms with E-state index in [1.54, 1.807) is 0 Å². The van der Waals surface area contributed by atoms with E-state index in [1.807, 2.05) is 0 Å². The van der Waals surface area contributed by atoms with Crippen LogP contribution in [0.2, 0.25) is 0 Å². The molecule has 0 N–H and O–H groups in total. The van der Waals surface area contributed by atoms with E-state index in [4.69, 9.17) is 14.2 Å². The molecule has 0 aliphatic heterocycles. The van der Waals surface area contributed by atoms with E-state index in [0.717, 1.165) is 89.9 Å². The third-order valence-electron chi connectivity index (χ3n) is 11.4. The van der Waals surface area contributed by atoms with Gasteiger partial charge in [0.05, 0.1) is 0 Å². The largest absolute Gasteiger partial charge is 0.462 e. The van der Waals surface area contributed by atoms with Crippen LogP contribution in [0.4, 0.5) is 0 Å². The number of allylic oxidation sites excluding steroid dienone is 8. The summed E-state index contributed by atoms with van der Waals surface area (Å²) in [5.41, 5.74) is 0. The monoisotopic (exact) mass is 855 g/mol. The lowest BCUT2D eigenvalue weighted by Gasteiger charge is -2.18. The molecule has 6 nitrogen and oxygen atoms in total. The zero-order chi connectivity index (χ0) is 44.4. The maximum absolute atomic E-state index is 12.8. The van der Waals surface area contributed by atoms with Crippen molar-refractivity contribution >= 4 is 17.9 Å². The van der Waals surface area contributed by atoms with Crippen molar-refractivity contribution in [1.82, 2.24) is 0 Å². The first-order valence-corrected chi connectivity index (χ1v) is 26.2. The average molecular weight is 855 g/mol. The first-order valence-electron chi connectivity index (χ1n) is 26.2. The first-order chi connectivity index (χ1) is 30.0. The molecule has 354 valence electrons. The van der Waals surface area contributed by atoms with Gasteiger partial charge in [-0.1, -0.05) is 223 Å². The Morgan fingerprint density at radius 3 is 0.951 bits per heavy atom. The fraction of sp³-hybridized carbons (Fsp3) is 0.800. The number of hydrogen-bond donors (Lipinski definition) is 0. The summed E-state index contributed by atoms with van der Waals surface area (Å²) in [6.45, 7) is 6.59. The van der Waals surface area contributed by atoms with Crippen molar-refractivity contribution in [1.29, 1.82) is 0 Å². The molecule has 0 aromatic carbocycles. The molecule has 0 saturated carbocycles. The molecule has 1 atom stereocenters. The second-order valence-electron chi connectivity index (χ2n) is 17.5. The molecule has 0 amide bonds. The quantitative estimate of drug-likeness (QED) is 0.0199. The Kier molecular flexibility index (Phi) is 47.9. The second-order valence-corrected chi connectivity index (χ2v) is 17.5. The van der Waals surface area contributed by atoms with Gasteiger partial charge in [-0.3, -0.25) is 14.4 Å². The number of unbranched alkanes of at least 4 members (excludes halogenated alkanes) is 30. The van der Waals surface area contributed by atoms with E-state index < -0.39 is 6.10 Å². The molecule has 0 spiro atoms. The van der Waals surface area contributed by atoms with Crippen molar-refractivity contribution in [3.05, 3.63) is 48.6 Å². The van der Waals surface area contributed by atoms with Crippen molar-refractivity contribution in [2.45, 2.75) is 271 Å². The van der Waals surface area contributed by atoms with Gasteiger partial charge in [-0.15, -0.1) is 0 Å². The first kappa shape index (κ1) is 58.4. The molecule has 61 heavy (non-hydrogen) atoms. The third-order valence-corrected chi connectivity index (χ3v) is 11.4. The lowest BCUT2D eigenvalue weighted by atomic mass is 10.1. The van der Waals surface area contributed by atoms with Crippen LogP contribution < -0.4 is 0 Å². The number of rotatable bonds is 47. The smallest absolute Gasteiger partial charge is 0.306 e. The minimum absolute atomic E-state index is 0.0815. The van der Waals surface area contributed by atoms with Gasteiger partial charge in [0.2, 0.25) is 0 Å². The van der Waals surface area contributed by atoms with E-state index in [2.05, 4.69) is 69.4 Å². The van der Waals surface area contributed by atoms with Gasteiger partial charge < -0.3 is 14.2 Å². The van der Waals surface area contributed by atoms with Gasteiger partial charge in [0.1, 0.15) is 13.2 Å². The summed E-state index contributed by atoms with van der Waals surface area (Å²) in [5, 5.41) is 0. The highest BCUT2D eigenvalue weighted by atomic mass is 16.6. The highest BCUT2D eigenvalue weighted by Gasteiger charge is 2.19. The summed E-state index contributed by atoms with van der Waals surface area (Å²) >= 11 is 0. The highest BCUT2D eigenvalue weighted by molar-refractivity contribution is 5.71. The number of carbonyl (C=O) groups is 3. The van der Waals surface area contributed by atoms with E-state index >= 15 is 0 Å². The lowest BCUT2D eigenvalue weighted by molar-refractivity contribution is -0.167. The molecule has 0 radical (unpaired) electrons. The molecule has 0 bridgehead atoms. The Bertz CT molecular complexity index is 1070. The standard InChI is InChI=1S/C55H98O6/c1-4-7-10-13-16-19-21-23-25-27-28-30-31-33-36-39-42-45-48-54(57)60-51-52(50-59-53(56)47-44-41-38-35-18-15-12-9-6-3)61-55(58)49-46-43-40-37-34-32-29-26-24-22-20-17-14-11-8-5-2/h21,23,25-30,52H,4-20,22,24,31-51H2,1-3H3/b23-21-,27-25-,29-26-,30-28-. The van der Waals surface area contributed by atoms with Crippen LogP contribution in [-0.4, -0.2) is 37.2 Å². The van der Waals surface area contributed by atoms with Crippen LogP contribution in [0, 0.1) is 0 Å². The van der Waals surface area contributed by atoms with Gasteiger partial charge >= 0.3 is 17.9 Å². The van der Waals surface area contributed by atoms with Crippen molar-refractivity contribution in [3.8, 4) is 0 Å². The minimum Gasteiger partial charge on any atom is -0.462 e. The lowest BCUT2D eigenvalue weighted by Crippen LogP contribution is -2.30. The topological polar surface area (TPSA) is 78.9 Å². The molecule has 0 fully saturated rings. The van der Waals surface area contributed by atoms with Gasteiger partial charge in [0.25, 0.3) is 0 Å². The molecule has 0 aliphatic carbocycles. The number of ether oxygens (including phenoxy) is 3. The minimum atomic E-state index is -0.782. The van der Waals surface area contributed by atoms with Crippen molar-refractivity contribution < 1.29 is 28.6 Å². The normalized spacial score (nSPS) is 12.4. The number of carbonyl (C=O) groups excluding carboxylic acids is 3. The fourth-order valence-corrected chi connectivity index (χ4v) is 7.38. The van der Waals surface area contributed by atoms with Crippen molar-refractivity contribution in [2.24, 2.45) is 0 Å². The van der Waals surface area contributed by atoms with Crippen LogP contribution in [0.15, 0.2) is 48.6 Å². The summed E-state index contributed by atoms with van der Waals surface area (Å²) in [6.07, 6.45) is 59.5.